The summed E-state index contributed by atoms with van der Waals surface area (Å²) in [6.45, 7) is 9.26. The van der Waals surface area contributed by atoms with Crippen molar-refractivity contribution in [3.05, 3.63) is 58.0 Å². The molecule has 6 rings (SSSR count). The standard InChI is InChI=1S/C25H28N4S/c1-14-5-7-15(8-6-14)18-12-19(18)22-27-23-21-17-10-9-16(25(2,3)4)11-20(17)30-24(21)26-13-29(23)28-22/h5-8,13,16,18-19H,9-12H2,1-4H3/t16-,18-,19-/m0/s1. The summed E-state index contributed by atoms with van der Waals surface area (Å²) >= 11 is 1.87. The lowest BCUT2D eigenvalue weighted by molar-refractivity contribution is 0.218. The van der Waals surface area contributed by atoms with Crippen LogP contribution in [0, 0.1) is 18.3 Å². The number of hydrogen-bond donors (Lipinski definition) is 0. The number of aromatic nitrogens is 4. The van der Waals surface area contributed by atoms with E-state index in [1.165, 1.54) is 39.8 Å². The van der Waals surface area contributed by atoms with Gasteiger partial charge in [0.05, 0.1) is 5.39 Å². The molecule has 30 heavy (non-hydrogen) atoms. The average molecular weight is 417 g/mol. The van der Waals surface area contributed by atoms with E-state index in [9.17, 15) is 0 Å². The number of fused-ring (bicyclic) bond motifs is 5. The Hall–Kier alpha value is -2.27. The van der Waals surface area contributed by atoms with Crippen LogP contribution in [0.15, 0.2) is 30.6 Å². The minimum absolute atomic E-state index is 0.357. The van der Waals surface area contributed by atoms with Crippen LogP contribution >= 0.6 is 11.3 Å². The summed E-state index contributed by atoms with van der Waals surface area (Å²) in [5.74, 6) is 2.71. The van der Waals surface area contributed by atoms with Gasteiger partial charge >= 0.3 is 0 Å². The van der Waals surface area contributed by atoms with Gasteiger partial charge in [-0.25, -0.2) is 14.5 Å². The zero-order valence-electron chi connectivity index (χ0n) is 18.1. The Labute approximate surface area is 181 Å². The van der Waals surface area contributed by atoms with Crippen LogP contribution in [0.1, 0.15) is 72.8 Å². The Kier molecular flexibility index (Phi) is 3.92. The predicted octanol–water partition coefficient (Wildman–Crippen LogP) is 6.07. The van der Waals surface area contributed by atoms with Gasteiger partial charge in [0, 0.05) is 10.8 Å². The molecule has 1 saturated carbocycles. The Morgan fingerprint density at radius 3 is 2.67 bits per heavy atom. The maximum Gasteiger partial charge on any atom is 0.167 e. The lowest BCUT2D eigenvalue weighted by Crippen LogP contribution is -2.26. The zero-order chi connectivity index (χ0) is 20.6. The van der Waals surface area contributed by atoms with E-state index in [0.29, 0.717) is 17.3 Å². The summed E-state index contributed by atoms with van der Waals surface area (Å²) < 4.78 is 1.92. The molecule has 0 amide bonds. The van der Waals surface area contributed by atoms with Gasteiger partial charge in [-0.2, -0.15) is 0 Å². The smallest absolute Gasteiger partial charge is 0.167 e. The van der Waals surface area contributed by atoms with E-state index in [1.807, 2.05) is 22.2 Å². The molecule has 1 fully saturated rings. The van der Waals surface area contributed by atoms with Crippen molar-refractivity contribution < 1.29 is 0 Å². The van der Waals surface area contributed by atoms with Crippen LogP contribution in [0.25, 0.3) is 15.9 Å². The number of aryl methyl sites for hydroxylation is 2. The topological polar surface area (TPSA) is 43.1 Å². The summed E-state index contributed by atoms with van der Waals surface area (Å²) in [6.07, 6.45) is 6.57. The van der Waals surface area contributed by atoms with Gasteiger partial charge in [0.15, 0.2) is 11.5 Å². The highest BCUT2D eigenvalue weighted by atomic mass is 32.1. The van der Waals surface area contributed by atoms with Crippen molar-refractivity contribution in [1.29, 1.82) is 0 Å². The quantitative estimate of drug-likeness (QED) is 0.398. The molecule has 1 aromatic carbocycles. The summed E-state index contributed by atoms with van der Waals surface area (Å²) in [4.78, 5) is 12.5. The van der Waals surface area contributed by atoms with E-state index in [0.717, 1.165) is 35.1 Å². The lowest BCUT2D eigenvalue weighted by atomic mass is 9.72. The number of hydrogen-bond acceptors (Lipinski definition) is 4. The molecule has 5 heteroatoms. The van der Waals surface area contributed by atoms with Gasteiger partial charge in [0.25, 0.3) is 0 Å². The van der Waals surface area contributed by atoms with Gasteiger partial charge in [0.1, 0.15) is 11.2 Å². The molecule has 4 nitrogen and oxygen atoms in total. The lowest BCUT2D eigenvalue weighted by Gasteiger charge is -2.33. The maximum absolute atomic E-state index is 5.06. The first-order valence-corrected chi connectivity index (χ1v) is 11.9. The van der Waals surface area contributed by atoms with Gasteiger partial charge < -0.3 is 0 Å². The number of thiophene rings is 1. The first-order chi connectivity index (χ1) is 14.4. The van der Waals surface area contributed by atoms with Gasteiger partial charge in [-0.15, -0.1) is 16.4 Å². The molecule has 3 aromatic heterocycles. The Morgan fingerprint density at radius 1 is 1.10 bits per heavy atom. The van der Waals surface area contributed by atoms with Crippen molar-refractivity contribution in [2.45, 2.75) is 65.2 Å². The van der Waals surface area contributed by atoms with Crippen LogP contribution in [0.4, 0.5) is 0 Å². The second-order valence-electron chi connectivity index (χ2n) is 10.3. The largest absolute Gasteiger partial charge is 0.225 e. The maximum atomic E-state index is 5.06. The molecule has 4 aromatic rings. The fourth-order valence-electron chi connectivity index (χ4n) is 5.15. The van der Waals surface area contributed by atoms with Crippen molar-refractivity contribution in [2.75, 3.05) is 0 Å². The van der Waals surface area contributed by atoms with Crippen molar-refractivity contribution in [1.82, 2.24) is 19.6 Å². The monoisotopic (exact) mass is 416 g/mol. The fourth-order valence-corrected chi connectivity index (χ4v) is 6.41. The fraction of sp³-hybridized carbons (Fsp3) is 0.480. The van der Waals surface area contributed by atoms with E-state index >= 15 is 0 Å². The minimum atomic E-state index is 0.357. The van der Waals surface area contributed by atoms with Crippen molar-refractivity contribution in [3.63, 3.8) is 0 Å². The highest BCUT2D eigenvalue weighted by molar-refractivity contribution is 7.19. The van der Waals surface area contributed by atoms with Crippen LogP contribution in [-0.4, -0.2) is 19.6 Å². The van der Waals surface area contributed by atoms with Crippen LogP contribution < -0.4 is 0 Å². The van der Waals surface area contributed by atoms with Crippen LogP contribution in [0.2, 0.25) is 0 Å². The summed E-state index contributed by atoms with van der Waals surface area (Å²) in [5, 5.41) is 6.11. The summed E-state index contributed by atoms with van der Waals surface area (Å²) in [7, 11) is 0. The van der Waals surface area contributed by atoms with Crippen molar-refractivity contribution in [3.8, 4) is 0 Å². The van der Waals surface area contributed by atoms with E-state index in [1.54, 1.807) is 0 Å². The van der Waals surface area contributed by atoms with Crippen LogP contribution in [0.5, 0.6) is 0 Å². The van der Waals surface area contributed by atoms with Crippen molar-refractivity contribution >= 4 is 27.2 Å². The average Bonchev–Trinajstić information content (AvgIpc) is 3.24. The van der Waals surface area contributed by atoms with Gasteiger partial charge in [-0.3, -0.25) is 0 Å². The molecule has 0 saturated heterocycles. The van der Waals surface area contributed by atoms with E-state index in [4.69, 9.17) is 15.1 Å². The van der Waals surface area contributed by atoms with Crippen molar-refractivity contribution in [2.24, 2.45) is 11.3 Å². The molecule has 2 aliphatic rings. The molecule has 0 radical (unpaired) electrons. The van der Waals surface area contributed by atoms with Crippen LogP contribution in [0.3, 0.4) is 0 Å². The minimum Gasteiger partial charge on any atom is -0.225 e. The first kappa shape index (κ1) is 18.5. The highest BCUT2D eigenvalue weighted by Gasteiger charge is 2.42. The van der Waals surface area contributed by atoms with Gasteiger partial charge in [-0.05, 0) is 61.0 Å². The Morgan fingerprint density at radius 2 is 1.90 bits per heavy atom. The first-order valence-electron chi connectivity index (χ1n) is 11.1. The van der Waals surface area contributed by atoms with Gasteiger partial charge in [-0.1, -0.05) is 50.6 Å². The molecule has 0 unspecified atom stereocenters. The van der Waals surface area contributed by atoms with Gasteiger partial charge in [0.2, 0.25) is 0 Å². The predicted molar refractivity (Wildman–Crippen MR) is 122 cm³/mol. The second kappa shape index (κ2) is 6.36. The summed E-state index contributed by atoms with van der Waals surface area (Å²) in [5.41, 5.74) is 5.57. The normalized spacial score (nSPS) is 23.8. The van der Waals surface area contributed by atoms with E-state index in [2.05, 4.69) is 52.0 Å². The Balaban J connectivity index is 1.37. The van der Waals surface area contributed by atoms with E-state index < -0.39 is 0 Å². The molecule has 0 spiro atoms. The second-order valence-corrected chi connectivity index (χ2v) is 11.4. The SMILES string of the molecule is Cc1ccc([C@@H]2C[C@@H]2c2nc3c4c5c(sc4ncn3n2)C[C@@H](C(C)(C)C)CC5)cc1. The molecule has 154 valence electrons. The zero-order valence-corrected chi connectivity index (χ0v) is 19.0. The molecule has 0 N–H and O–H groups in total. The molecule has 0 bridgehead atoms. The third-order valence-electron chi connectivity index (χ3n) is 7.25. The third kappa shape index (κ3) is 2.89. The third-order valence-corrected chi connectivity index (χ3v) is 8.42. The number of benzene rings is 1. The summed E-state index contributed by atoms with van der Waals surface area (Å²) in [6, 6.07) is 8.93. The number of nitrogens with zero attached hydrogens (tertiary/aromatic N) is 4. The van der Waals surface area contributed by atoms with Crippen LogP contribution in [-0.2, 0) is 12.8 Å². The van der Waals surface area contributed by atoms with E-state index in [-0.39, 0.29) is 0 Å². The Bertz CT molecular complexity index is 1260. The molecule has 0 aliphatic heterocycles. The highest BCUT2D eigenvalue weighted by Crippen LogP contribution is 2.54. The molecule has 3 heterocycles. The molecule has 3 atom stereocenters. The molecular formula is C25H28N4S. The molecule has 2 aliphatic carbocycles. The number of rotatable bonds is 2. The molecular weight excluding hydrogens is 388 g/mol.